The molecule has 0 aromatic rings. The highest BCUT2D eigenvalue weighted by atomic mass is 16.5. The summed E-state index contributed by atoms with van der Waals surface area (Å²) < 4.78 is 9.63. The summed E-state index contributed by atoms with van der Waals surface area (Å²) in [5.74, 6) is -0.849. The zero-order valence-electron chi connectivity index (χ0n) is 9.66. The van der Waals surface area contributed by atoms with Crippen molar-refractivity contribution in [3.8, 4) is 0 Å². The molecule has 0 rings (SSSR count). The highest BCUT2D eigenvalue weighted by Crippen LogP contribution is 2.04. The fourth-order valence-corrected chi connectivity index (χ4v) is 0.961. The van der Waals surface area contributed by atoms with Crippen molar-refractivity contribution in [2.45, 2.75) is 26.2 Å². The van der Waals surface area contributed by atoms with Gasteiger partial charge in [0.25, 0.3) is 0 Å². The largest absolute Gasteiger partial charge is 0.462 e. The minimum absolute atomic E-state index is 0.221. The van der Waals surface area contributed by atoms with Crippen LogP contribution in [0.15, 0.2) is 24.8 Å². The summed E-state index contributed by atoms with van der Waals surface area (Å²) in [4.78, 5) is 21.9. The molecule has 0 aliphatic carbocycles. The van der Waals surface area contributed by atoms with E-state index in [1.54, 1.807) is 0 Å². The molecule has 0 saturated carbocycles. The number of hydrogen-bond donors (Lipinski definition) is 0. The molecule has 4 nitrogen and oxygen atoms in total. The van der Waals surface area contributed by atoms with Gasteiger partial charge in [0.15, 0.2) is 0 Å². The van der Waals surface area contributed by atoms with Crippen molar-refractivity contribution in [2.75, 3.05) is 13.2 Å². The molecule has 4 heteroatoms. The molecule has 16 heavy (non-hydrogen) atoms. The number of hydrogen-bond acceptors (Lipinski definition) is 4. The first-order valence-electron chi connectivity index (χ1n) is 5.25. The van der Waals surface area contributed by atoms with Gasteiger partial charge in [-0.15, -0.1) is 0 Å². The summed E-state index contributed by atoms with van der Waals surface area (Å²) in [6.07, 6.45) is 3.08. The summed E-state index contributed by atoms with van der Waals surface area (Å²) in [6.45, 7) is 9.29. The van der Waals surface area contributed by atoms with Crippen molar-refractivity contribution >= 4 is 11.9 Å². The molecule has 0 fully saturated rings. The predicted molar refractivity (Wildman–Crippen MR) is 60.8 cm³/mol. The summed E-state index contributed by atoms with van der Waals surface area (Å²) in [5.41, 5.74) is 0.477. The minimum atomic E-state index is -0.471. The van der Waals surface area contributed by atoms with E-state index in [2.05, 4.69) is 13.2 Å². The first-order valence-corrected chi connectivity index (χ1v) is 5.25. The molecular weight excluding hydrogens is 208 g/mol. The van der Waals surface area contributed by atoms with Crippen molar-refractivity contribution in [1.82, 2.24) is 0 Å². The molecule has 90 valence electrons. The molecular formula is C12H18O4. The second-order valence-electron chi connectivity index (χ2n) is 3.21. The Morgan fingerprint density at radius 1 is 1.25 bits per heavy atom. The summed E-state index contributed by atoms with van der Waals surface area (Å²) >= 11 is 0. The molecule has 0 aliphatic rings. The van der Waals surface area contributed by atoms with Crippen molar-refractivity contribution in [1.29, 1.82) is 0 Å². The highest BCUT2D eigenvalue weighted by Gasteiger charge is 2.06. The van der Waals surface area contributed by atoms with E-state index in [-0.39, 0.29) is 19.2 Å². The zero-order valence-corrected chi connectivity index (χ0v) is 9.66. The van der Waals surface area contributed by atoms with Crippen LogP contribution >= 0.6 is 0 Å². The Morgan fingerprint density at radius 2 is 1.88 bits per heavy atom. The maximum atomic E-state index is 11.2. The smallest absolute Gasteiger partial charge is 0.333 e. The molecule has 0 heterocycles. The van der Waals surface area contributed by atoms with Crippen LogP contribution < -0.4 is 0 Å². The maximum Gasteiger partial charge on any atom is 0.333 e. The lowest BCUT2D eigenvalue weighted by molar-refractivity contribution is -0.141. The van der Waals surface area contributed by atoms with Crippen molar-refractivity contribution in [2.24, 2.45) is 0 Å². The van der Waals surface area contributed by atoms with Crippen LogP contribution in [0.2, 0.25) is 0 Å². The van der Waals surface area contributed by atoms with Gasteiger partial charge in [-0.25, -0.2) is 9.59 Å². The van der Waals surface area contributed by atoms with Crippen LogP contribution in [0.3, 0.4) is 0 Å². The number of carbonyl (C=O) groups is 2. The first-order chi connectivity index (χ1) is 7.61. The average Bonchev–Trinajstić information content (AvgIpc) is 2.28. The Bertz CT molecular complexity index is 268. The predicted octanol–water partition coefficient (Wildman–Crippen LogP) is 2.01. The van der Waals surface area contributed by atoms with Gasteiger partial charge in [-0.2, -0.15) is 0 Å². The monoisotopic (exact) mass is 226 g/mol. The zero-order chi connectivity index (χ0) is 12.4. The third kappa shape index (κ3) is 6.81. The molecule has 0 spiro atoms. The van der Waals surface area contributed by atoms with Gasteiger partial charge in [-0.1, -0.05) is 26.5 Å². The van der Waals surface area contributed by atoms with Crippen LogP contribution in [0.5, 0.6) is 0 Å². The molecule has 0 atom stereocenters. The van der Waals surface area contributed by atoms with Gasteiger partial charge in [0.2, 0.25) is 0 Å². The van der Waals surface area contributed by atoms with Gasteiger partial charge in [0.05, 0.1) is 13.2 Å². The van der Waals surface area contributed by atoms with Crippen LogP contribution in [-0.2, 0) is 19.1 Å². The summed E-state index contributed by atoms with van der Waals surface area (Å²) in [7, 11) is 0. The summed E-state index contributed by atoms with van der Waals surface area (Å²) in [5, 5.41) is 0. The van der Waals surface area contributed by atoms with E-state index in [0.29, 0.717) is 18.4 Å². The molecule has 0 N–H and O–H groups in total. The van der Waals surface area contributed by atoms with E-state index in [0.717, 1.165) is 12.5 Å². The topological polar surface area (TPSA) is 52.6 Å². The average molecular weight is 226 g/mol. The van der Waals surface area contributed by atoms with Gasteiger partial charge < -0.3 is 9.47 Å². The van der Waals surface area contributed by atoms with Gasteiger partial charge >= 0.3 is 11.9 Å². The lowest BCUT2D eigenvalue weighted by Crippen LogP contribution is -2.11. The molecule has 0 amide bonds. The number of esters is 2. The van der Waals surface area contributed by atoms with Crippen LogP contribution in [0.1, 0.15) is 26.2 Å². The third-order valence-electron chi connectivity index (χ3n) is 1.77. The van der Waals surface area contributed by atoms with E-state index in [1.165, 1.54) is 0 Å². The van der Waals surface area contributed by atoms with Crippen molar-refractivity contribution < 1.29 is 19.1 Å². The van der Waals surface area contributed by atoms with E-state index in [1.807, 2.05) is 6.92 Å². The molecule has 0 radical (unpaired) electrons. The van der Waals surface area contributed by atoms with Crippen LogP contribution in [0, 0.1) is 0 Å². The Labute approximate surface area is 95.9 Å². The number of rotatable bonds is 8. The summed E-state index contributed by atoms with van der Waals surface area (Å²) in [6, 6.07) is 0. The highest BCUT2D eigenvalue weighted by molar-refractivity contribution is 5.87. The van der Waals surface area contributed by atoms with Crippen LogP contribution in [-0.4, -0.2) is 25.2 Å². The number of ether oxygens (including phenoxy) is 2. The van der Waals surface area contributed by atoms with Gasteiger partial charge in [0, 0.05) is 18.1 Å². The molecule has 0 aliphatic heterocycles. The quantitative estimate of drug-likeness (QED) is 0.361. The maximum absolute atomic E-state index is 11.2. The fraction of sp³-hybridized carbons (Fsp3) is 0.500. The lowest BCUT2D eigenvalue weighted by Gasteiger charge is -2.06. The van der Waals surface area contributed by atoms with E-state index >= 15 is 0 Å². The Balaban J connectivity index is 3.51. The minimum Gasteiger partial charge on any atom is -0.462 e. The Hall–Kier alpha value is -1.58. The molecule has 0 aromatic carbocycles. The number of carbonyl (C=O) groups excluding carboxylic acids is 2. The molecule has 0 bridgehead atoms. The Kier molecular flexibility index (Phi) is 7.85. The molecule has 0 aromatic heterocycles. The van der Waals surface area contributed by atoms with E-state index in [9.17, 15) is 9.59 Å². The van der Waals surface area contributed by atoms with Gasteiger partial charge in [0.1, 0.15) is 0 Å². The van der Waals surface area contributed by atoms with E-state index in [4.69, 9.17) is 9.47 Å². The molecule has 0 unspecified atom stereocenters. The molecule has 0 saturated heterocycles. The van der Waals surface area contributed by atoms with Crippen LogP contribution in [0.4, 0.5) is 0 Å². The van der Waals surface area contributed by atoms with Crippen molar-refractivity contribution in [3.63, 3.8) is 0 Å². The van der Waals surface area contributed by atoms with Crippen LogP contribution in [0.25, 0.3) is 0 Å². The second-order valence-corrected chi connectivity index (χ2v) is 3.21. The lowest BCUT2D eigenvalue weighted by atomic mass is 10.2. The standard InChI is InChI=1S/C12H18O4/c1-4-7-10(3)12(14)16-9-6-8-15-11(13)5-2/h5H,2-4,6-9H2,1H3. The fourth-order valence-electron chi connectivity index (χ4n) is 0.961. The van der Waals surface area contributed by atoms with Gasteiger partial charge in [-0.3, -0.25) is 0 Å². The first kappa shape index (κ1) is 14.4. The SMILES string of the molecule is C=CC(=O)OCCCOC(=O)C(=C)CCC. The normalized spacial score (nSPS) is 9.31. The van der Waals surface area contributed by atoms with E-state index < -0.39 is 5.97 Å². The second kappa shape index (κ2) is 8.71. The van der Waals surface area contributed by atoms with Gasteiger partial charge in [-0.05, 0) is 6.42 Å². The Morgan fingerprint density at radius 3 is 2.44 bits per heavy atom. The van der Waals surface area contributed by atoms with Crippen molar-refractivity contribution in [3.05, 3.63) is 24.8 Å². The third-order valence-corrected chi connectivity index (χ3v) is 1.77.